The van der Waals surface area contributed by atoms with E-state index in [1.54, 1.807) is 6.26 Å². The molecule has 2 aromatic carbocycles. The summed E-state index contributed by atoms with van der Waals surface area (Å²) in [5.41, 5.74) is -0.0164. The van der Waals surface area contributed by atoms with Crippen molar-refractivity contribution in [2.24, 2.45) is 0 Å². The van der Waals surface area contributed by atoms with E-state index >= 15 is 0 Å². The molecule has 0 aliphatic carbocycles. The molecular weight excluding hydrogens is 455 g/mol. The van der Waals surface area contributed by atoms with E-state index in [1.165, 1.54) is 23.9 Å². The summed E-state index contributed by atoms with van der Waals surface area (Å²) in [6.07, 6.45) is 1.85. The van der Waals surface area contributed by atoms with Crippen molar-refractivity contribution in [1.82, 2.24) is 10.0 Å². The summed E-state index contributed by atoms with van der Waals surface area (Å²) < 4.78 is 67.1. The molecule has 0 heterocycles. The Kier molecular flexibility index (Phi) is 8.89. The van der Waals surface area contributed by atoms with Crippen LogP contribution in [-0.2, 0) is 19.6 Å². The van der Waals surface area contributed by atoms with Crippen molar-refractivity contribution in [1.29, 1.82) is 0 Å². The topological polar surface area (TPSA) is 104 Å². The lowest BCUT2D eigenvalue weighted by atomic mass is 10.2. The summed E-state index contributed by atoms with van der Waals surface area (Å²) in [5, 5.41) is 4.55. The molecule has 0 radical (unpaired) electrons. The number of carbonyl (C=O) groups excluding carboxylic acids is 2. The Balaban J connectivity index is 2.02. The number of thioether (sulfide) groups is 1. The third-order valence-corrected chi connectivity index (χ3v) is 6.13. The van der Waals surface area contributed by atoms with Gasteiger partial charge in [-0.1, -0.05) is 12.1 Å². The zero-order valence-electron chi connectivity index (χ0n) is 16.3. The third kappa shape index (κ3) is 7.26. The minimum atomic E-state index is -4.33. The molecule has 0 aromatic heterocycles. The highest BCUT2D eigenvalue weighted by molar-refractivity contribution is 7.98. The van der Waals surface area contributed by atoms with E-state index < -0.39 is 56.8 Å². The molecule has 0 saturated carbocycles. The molecule has 2 rings (SSSR count). The first-order valence-electron chi connectivity index (χ1n) is 8.92. The number of hydrogen-bond donors (Lipinski definition) is 3. The predicted octanol–water partition coefficient (Wildman–Crippen LogP) is 2.26. The third-order valence-electron chi connectivity index (χ3n) is 3.98. The molecule has 12 heteroatoms. The van der Waals surface area contributed by atoms with Crippen molar-refractivity contribution in [2.75, 3.05) is 23.9 Å². The second-order valence-electron chi connectivity index (χ2n) is 6.28. The maximum absolute atomic E-state index is 13.9. The Morgan fingerprint density at radius 1 is 1.03 bits per heavy atom. The molecule has 0 bridgehead atoms. The zero-order valence-corrected chi connectivity index (χ0v) is 18.0. The molecule has 168 valence electrons. The van der Waals surface area contributed by atoms with E-state index in [4.69, 9.17) is 0 Å². The second kappa shape index (κ2) is 11.2. The number of rotatable bonds is 10. The molecule has 31 heavy (non-hydrogen) atoms. The lowest BCUT2D eigenvalue weighted by Gasteiger charge is -2.18. The van der Waals surface area contributed by atoms with E-state index in [2.05, 4.69) is 15.4 Å². The van der Waals surface area contributed by atoms with Gasteiger partial charge >= 0.3 is 0 Å². The standard InChI is InChI=1S/C19H20F3N3O4S2/c1-30-9-8-16(25-31(28,29)17-5-3-2-4-14(17)21)19(27)23-11-18(26)24-12-6-7-13(20)15(22)10-12/h2-7,10,16,25H,8-9,11H2,1H3,(H,23,27)(H,24,26). The smallest absolute Gasteiger partial charge is 0.244 e. The Morgan fingerprint density at radius 3 is 2.39 bits per heavy atom. The summed E-state index contributed by atoms with van der Waals surface area (Å²) in [6.45, 7) is -0.547. The van der Waals surface area contributed by atoms with Crippen LogP contribution in [0.4, 0.5) is 18.9 Å². The number of amides is 2. The van der Waals surface area contributed by atoms with E-state index in [1.807, 2.05) is 0 Å². The Bertz CT molecular complexity index is 1050. The minimum absolute atomic E-state index is 0.0164. The highest BCUT2D eigenvalue weighted by atomic mass is 32.2. The fraction of sp³-hybridized carbons (Fsp3) is 0.263. The normalized spacial score (nSPS) is 12.3. The first-order chi connectivity index (χ1) is 14.6. The van der Waals surface area contributed by atoms with Crippen LogP contribution in [0.5, 0.6) is 0 Å². The van der Waals surface area contributed by atoms with Gasteiger partial charge in [0.1, 0.15) is 16.8 Å². The van der Waals surface area contributed by atoms with Gasteiger partial charge in [0.15, 0.2) is 11.6 Å². The number of nitrogens with one attached hydrogen (secondary N) is 3. The van der Waals surface area contributed by atoms with E-state index in [9.17, 15) is 31.2 Å². The van der Waals surface area contributed by atoms with Crippen molar-refractivity contribution >= 4 is 39.3 Å². The average Bonchev–Trinajstić information content (AvgIpc) is 2.72. The number of anilines is 1. The molecule has 0 saturated heterocycles. The van der Waals surface area contributed by atoms with Crippen LogP contribution in [-0.4, -0.2) is 44.8 Å². The van der Waals surface area contributed by atoms with Gasteiger partial charge in [-0.2, -0.15) is 16.5 Å². The van der Waals surface area contributed by atoms with Crippen LogP contribution in [0.2, 0.25) is 0 Å². The van der Waals surface area contributed by atoms with Gasteiger partial charge in [-0.25, -0.2) is 21.6 Å². The van der Waals surface area contributed by atoms with Gasteiger partial charge in [-0.15, -0.1) is 0 Å². The monoisotopic (exact) mass is 475 g/mol. The highest BCUT2D eigenvalue weighted by Crippen LogP contribution is 2.15. The molecule has 7 nitrogen and oxygen atoms in total. The molecule has 2 aromatic rings. The first-order valence-corrected chi connectivity index (χ1v) is 11.8. The number of hydrogen-bond acceptors (Lipinski definition) is 5. The fourth-order valence-electron chi connectivity index (χ4n) is 2.46. The molecule has 0 spiro atoms. The molecule has 0 fully saturated rings. The number of carbonyl (C=O) groups is 2. The maximum atomic E-state index is 13.9. The van der Waals surface area contributed by atoms with Crippen LogP contribution in [0.3, 0.4) is 0 Å². The van der Waals surface area contributed by atoms with Gasteiger partial charge in [-0.3, -0.25) is 9.59 Å². The average molecular weight is 476 g/mol. The van der Waals surface area contributed by atoms with Gasteiger partial charge in [0.25, 0.3) is 0 Å². The number of benzene rings is 2. The van der Waals surface area contributed by atoms with Crippen LogP contribution in [0.15, 0.2) is 47.4 Å². The number of halogens is 3. The summed E-state index contributed by atoms with van der Waals surface area (Å²) >= 11 is 1.37. The minimum Gasteiger partial charge on any atom is -0.346 e. The van der Waals surface area contributed by atoms with Gasteiger partial charge < -0.3 is 10.6 Å². The quantitative estimate of drug-likeness (QED) is 0.489. The Morgan fingerprint density at radius 2 is 1.74 bits per heavy atom. The molecule has 1 atom stereocenters. The largest absolute Gasteiger partial charge is 0.346 e. The van der Waals surface area contributed by atoms with Gasteiger partial charge in [-0.05, 0) is 42.7 Å². The van der Waals surface area contributed by atoms with Gasteiger partial charge in [0, 0.05) is 11.8 Å². The summed E-state index contributed by atoms with van der Waals surface area (Å²) in [4.78, 5) is 23.8. The second-order valence-corrected chi connectivity index (χ2v) is 8.95. The maximum Gasteiger partial charge on any atom is 0.244 e. The summed E-state index contributed by atoms with van der Waals surface area (Å²) in [6, 6.07) is 6.22. The number of sulfonamides is 1. The lowest BCUT2D eigenvalue weighted by molar-refractivity contribution is -0.125. The Labute approximate surface area is 181 Å². The molecule has 0 aliphatic rings. The van der Waals surface area contributed by atoms with E-state index in [0.29, 0.717) is 5.75 Å². The highest BCUT2D eigenvalue weighted by Gasteiger charge is 2.27. The molecule has 2 amide bonds. The van der Waals surface area contributed by atoms with Gasteiger partial charge in [0.2, 0.25) is 21.8 Å². The molecular formula is C19H20F3N3O4S2. The van der Waals surface area contributed by atoms with Crippen LogP contribution in [0.25, 0.3) is 0 Å². The van der Waals surface area contributed by atoms with Crippen molar-refractivity contribution < 1.29 is 31.2 Å². The van der Waals surface area contributed by atoms with Crippen molar-refractivity contribution in [2.45, 2.75) is 17.4 Å². The summed E-state index contributed by atoms with van der Waals surface area (Å²) in [5.74, 6) is -4.32. The van der Waals surface area contributed by atoms with E-state index in [0.717, 1.165) is 30.3 Å². The fourth-order valence-corrected chi connectivity index (χ4v) is 4.24. The molecule has 3 N–H and O–H groups in total. The zero-order chi connectivity index (χ0) is 23.0. The SMILES string of the molecule is CSCCC(NS(=O)(=O)c1ccccc1F)C(=O)NCC(=O)Nc1ccc(F)c(F)c1. The van der Waals surface area contributed by atoms with Crippen molar-refractivity contribution in [3.05, 3.63) is 59.9 Å². The van der Waals surface area contributed by atoms with Crippen LogP contribution >= 0.6 is 11.8 Å². The van der Waals surface area contributed by atoms with Crippen molar-refractivity contribution in [3.8, 4) is 0 Å². The molecule has 1 unspecified atom stereocenters. The predicted molar refractivity (Wildman–Crippen MR) is 112 cm³/mol. The molecule has 0 aliphatic heterocycles. The van der Waals surface area contributed by atoms with Crippen LogP contribution in [0, 0.1) is 17.5 Å². The van der Waals surface area contributed by atoms with Gasteiger partial charge in [0.05, 0.1) is 6.54 Å². The van der Waals surface area contributed by atoms with Crippen LogP contribution < -0.4 is 15.4 Å². The lowest BCUT2D eigenvalue weighted by Crippen LogP contribution is -2.48. The van der Waals surface area contributed by atoms with Crippen LogP contribution in [0.1, 0.15) is 6.42 Å². The van der Waals surface area contributed by atoms with E-state index in [-0.39, 0.29) is 12.1 Å². The first kappa shape index (κ1) is 24.7. The summed E-state index contributed by atoms with van der Waals surface area (Å²) in [7, 11) is -4.33. The van der Waals surface area contributed by atoms with Crippen molar-refractivity contribution in [3.63, 3.8) is 0 Å². The Hall–Kier alpha value is -2.57.